The fourth-order valence-corrected chi connectivity index (χ4v) is 9.58. The first kappa shape index (κ1) is 42.8. The number of aromatic nitrogens is 1. The second-order valence-electron chi connectivity index (χ2n) is 16.7. The van der Waals surface area contributed by atoms with Crippen LogP contribution >= 0.6 is 0 Å². The number of pyridine rings is 1. The van der Waals surface area contributed by atoms with Crippen LogP contribution in [0.4, 0.5) is 18.9 Å². The SMILES string of the molecule is COc1ccc2c(O[C@@H]3C[C@H]4C(=O)N[C@]5(C(=O)NS(=O)(=O)C6(C)CC6)C[C@H]5C=CCCCCC[C@H](Nc5cccc(OC(F)(F)F)c5)C(=O)N4C3)cc(-c3ccccc3)nc2c1. The second-order valence-corrected chi connectivity index (χ2v) is 18.9. The molecule has 0 spiro atoms. The summed E-state index contributed by atoms with van der Waals surface area (Å²) < 4.78 is 83.5. The Morgan fingerprint density at radius 1 is 0.968 bits per heavy atom. The number of fused-ring (bicyclic) bond motifs is 3. The van der Waals surface area contributed by atoms with Gasteiger partial charge >= 0.3 is 6.36 Å². The van der Waals surface area contributed by atoms with Crippen molar-refractivity contribution in [2.24, 2.45) is 5.92 Å². The minimum Gasteiger partial charge on any atom is -0.497 e. The molecule has 3 amide bonds. The zero-order valence-corrected chi connectivity index (χ0v) is 35.1. The predicted octanol–water partition coefficient (Wildman–Crippen LogP) is 7.03. The van der Waals surface area contributed by atoms with Crippen molar-refractivity contribution in [3.63, 3.8) is 0 Å². The van der Waals surface area contributed by atoms with Crippen LogP contribution in [0.1, 0.15) is 64.7 Å². The molecule has 8 rings (SSSR count). The molecule has 2 aliphatic heterocycles. The van der Waals surface area contributed by atoms with Crippen LogP contribution in [0.25, 0.3) is 22.2 Å². The molecule has 0 radical (unpaired) electrons. The van der Waals surface area contributed by atoms with Crippen LogP contribution < -0.4 is 29.6 Å². The number of carbonyl (C=O) groups excluding carboxylic acids is 3. The number of ether oxygens (including phenoxy) is 3. The molecule has 17 heteroatoms. The molecule has 3 aromatic carbocycles. The van der Waals surface area contributed by atoms with E-state index in [9.17, 15) is 36.0 Å². The number of nitrogens with zero attached hydrogens (tertiary/aromatic N) is 2. The Morgan fingerprint density at radius 2 is 1.76 bits per heavy atom. The second kappa shape index (κ2) is 16.8. The zero-order chi connectivity index (χ0) is 43.9. The quantitative estimate of drug-likeness (QED) is 0.141. The fourth-order valence-electron chi connectivity index (χ4n) is 8.27. The van der Waals surface area contributed by atoms with E-state index in [1.165, 1.54) is 17.0 Å². The number of rotatable bonds is 10. The summed E-state index contributed by atoms with van der Waals surface area (Å²) in [5, 5.41) is 6.66. The molecule has 3 fully saturated rings. The molecule has 13 nitrogen and oxygen atoms in total. The maximum atomic E-state index is 14.9. The lowest BCUT2D eigenvalue weighted by Crippen LogP contribution is -2.58. The van der Waals surface area contributed by atoms with Crippen molar-refractivity contribution in [3.8, 4) is 28.5 Å². The van der Waals surface area contributed by atoms with Crippen LogP contribution in [0, 0.1) is 5.92 Å². The van der Waals surface area contributed by atoms with Gasteiger partial charge in [-0.2, -0.15) is 0 Å². The monoisotopic (exact) mass is 875 g/mol. The van der Waals surface area contributed by atoms with Gasteiger partial charge in [0.25, 0.3) is 5.91 Å². The van der Waals surface area contributed by atoms with E-state index in [0.717, 1.165) is 24.1 Å². The van der Waals surface area contributed by atoms with Crippen molar-refractivity contribution >= 4 is 44.3 Å². The number of nitrogens with one attached hydrogen (secondary N) is 3. The molecule has 2 saturated carbocycles. The third-order valence-corrected chi connectivity index (χ3v) is 14.4. The minimum absolute atomic E-state index is 0.00554. The average Bonchev–Trinajstić information content (AvgIpc) is 4.12. The lowest BCUT2D eigenvalue weighted by Gasteiger charge is -2.30. The van der Waals surface area contributed by atoms with Crippen molar-refractivity contribution in [3.05, 3.63) is 91.0 Å². The predicted molar refractivity (Wildman–Crippen MR) is 225 cm³/mol. The summed E-state index contributed by atoms with van der Waals surface area (Å²) >= 11 is 0. The molecule has 328 valence electrons. The maximum absolute atomic E-state index is 14.9. The lowest BCUT2D eigenvalue weighted by atomic mass is 10.0. The molecule has 0 bridgehead atoms. The number of allylic oxidation sites excluding steroid dienone is 1. The van der Waals surface area contributed by atoms with E-state index in [4.69, 9.17) is 14.5 Å². The molecule has 1 aromatic heterocycles. The molecule has 1 saturated heterocycles. The van der Waals surface area contributed by atoms with Gasteiger partial charge in [0.15, 0.2) is 0 Å². The number of benzene rings is 3. The topological polar surface area (TPSA) is 165 Å². The summed E-state index contributed by atoms with van der Waals surface area (Å²) in [6.07, 6.45) is 1.95. The maximum Gasteiger partial charge on any atom is 0.573 e. The highest BCUT2D eigenvalue weighted by Crippen LogP contribution is 2.48. The van der Waals surface area contributed by atoms with Gasteiger partial charge in [-0.15, -0.1) is 13.2 Å². The Kier molecular flexibility index (Phi) is 11.6. The number of alkyl halides is 3. The van der Waals surface area contributed by atoms with Crippen molar-refractivity contribution < 1.29 is 50.2 Å². The normalized spacial score (nSPS) is 25.0. The molecule has 3 N–H and O–H groups in total. The molecule has 4 aliphatic rings. The average molecular weight is 876 g/mol. The van der Waals surface area contributed by atoms with Crippen molar-refractivity contribution in [1.29, 1.82) is 0 Å². The van der Waals surface area contributed by atoms with E-state index in [0.29, 0.717) is 60.2 Å². The van der Waals surface area contributed by atoms with E-state index in [1.54, 1.807) is 32.2 Å². The number of sulfonamides is 1. The molecular formula is C45H48F3N5O8S. The van der Waals surface area contributed by atoms with E-state index in [-0.39, 0.29) is 31.5 Å². The Morgan fingerprint density at radius 3 is 2.50 bits per heavy atom. The number of carbonyl (C=O) groups is 3. The van der Waals surface area contributed by atoms with Crippen LogP contribution in [0.2, 0.25) is 0 Å². The number of anilines is 1. The van der Waals surface area contributed by atoms with Crippen molar-refractivity contribution in [2.45, 2.75) is 99.5 Å². The van der Waals surface area contributed by atoms with Crippen LogP contribution in [-0.4, -0.2) is 84.5 Å². The van der Waals surface area contributed by atoms with Crippen LogP contribution in [0.5, 0.6) is 17.2 Å². The van der Waals surface area contributed by atoms with Gasteiger partial charge in [0.1, 0.15) is 41.0 Å². The standard InChI is InChI=1S/C45H48F3N5O8S/c1-43(20-21-43)62(57,58)52-42(56)44-26-29(44)14-9-4-3-5-10-17-35(49-30-15-11-16-32(22-30)61-45(46,47)48)41(55)53-27-33(24-38(53)40(54)51-44)60-39-25-36(28-12-7-6-8-13-28)50-37-23-31(59-2)18-19-34(37)39/h6-9,11-16,18-19,22-23,25,29,33,35,38,49H,3-5,10,17,20-21,24,26-27H2,1-2H3,(H,51,54)(H,52,56)/t29-,33-,35+,38+,44-/m1/s1. The molecule has 62 heavy (non-hydrogen) atoms. The van der Waals surface area contributed by atoms with Crippen molar-refractivity contribution in [2.75, 3.05) is 19.0 Å². The highest BCUT2D eigenvalue weighted by atomic mass is 32.2. The zero-order valence-electron chi connectivity index (χ0n) is 34.2. The Hall–Kier alpha value is -5.84. The first-order valence-electron chi connectivity index (χ1n) is 20.8. The summed E-state index contributed by atoms with van der Waals surface area (Å²) in [7, 11) is -2.50. The van der Waals surface area contributed by atoms with Crippen LogP contribution in [0.3, 0.4) is 0 Å². The van der Waals surface area contributed by atoms with Crippen LogP contribution in [0.15, 0.2) is 91.0 Å². The lowest BCUT2D eigenvalue weighted by molar-refractivity contribution is -0.274. The number of hydrogen-bond acceptors (Lipinski definition) is 10. The Bertz CT molecular complexity index is 2500. The minimum atomic E-state index is -4.93. The third kappa shape index (κ3) is 9.17. The molecule has 4 aromatic rings. The number of hydrogen-bond donors (Lipinski definition) is 3. The van der Waals surface area contributed by atoms with Gasteiger partial charge in [0.2, 0.25) is 21.8 Å². The van der Waals surface area contributed by atoms with Gasteiger partial charge in [-0.1, -0.05) is 61.4 Å². The highest BCUT2D eigenvalue weighted by Gasteiger charge is 2.63. The molecule has 2 aliphatic carbocycles. The molecule has 5 atom stereocenters. The first-order chi connectivity index (χ1) is 29.6. The van der Waals surface area contributed by atoms with E-state index in [1.807, 2.05) is 48.6 Å². The fraction of sp³-hybridized carbons (Fsp3) is 0.422. The van der Waals surface area contributed by atoms with E-state index >= 15 is 0 Å². The summed E-state index contributed by atoms with van der Waals surface area (Å²) in [5.74, 6) is -1.96. The summed E-state index contributed by atoms with van der Waals surface area (Å²) in [6, 6.07) is 19.7. The van der Waals surface area contributed by atoms with Gasteiger partial charge in [-0.25, -0.2) is 13.4 Å². The third-order valence-electron chi connectivity index (χ3n) is 12.2. The highest BCUT2D eigenvalue weighted by molar-refractivity contribution is 7.91. The van der Waals surface area contributed by atoms with Crippen molar-refractivity contribution in [1.82, 2.24) is 19.9 Å². The van der Waals surface area contributed by atoms with Gasteiger partial charge in [-0.05, 0) is 69.7 Å². The van der Waals surface area contributed by atoms with Gasteiger partial charge in [0.05, 0.1) is 29.6 Å². The van der Waals surface area contributed by atoms with Gasteiger partial charge in [-0.3, -0.25) is 19.1 Å². The summed E-state index contributed by atoms with van der Waals surface area (Å²) in [6.45, 7) is 1.50. The summed E-state index contributed by atoms with van der Waals surface area (Å²) in [5.41, 5.74) is 0.636. The summed E-state index contributed by atoms with van der Waals surface area (Å²) in [4.78, 5) is 49.8. The first-order valence-corrected chi connectivity index (χ1v) is 22.2. The largest absolute Gasteiger partial charge is 0.573 e. The number of halogens is 3. The van der Waals surface area contributed by atoms with Crippen LogP contribution in [-0.2, 0) is 24.4 Å². The number of amides is 3. The Balaban J connectivity index is 1.14. The number of methoxy groups -OCH3 is 1. The molecular weight excluding hydrogens is 828 g/mol. The molecule has 3 heterocycles. The molecule has 0 unspecified atom stereocenters. The van der Waals surface area contributed by atoms with E-state index in [2.05, 4.69) is 20.1 Å². The Labute approximate surface area is 357 Å². The smallest absolute Gasteiger partial charge is 0.497 e. The van der Waals surface area contributed by atoms with Gasteiger partial charge in [0, 0.05) is 47.2 Å². The van der Waals surface area contributed by atoms with E-state index < -0.39 is 74.2 Å². The van der Waals surface area contributed by atoms with Gasteiger partial charge < -0.3 is 29.7 Å².